The maximum absolute atomic E-state index is 2.61. The van der Waals surface area contributed by atoms with Gasteiger partial charge in [-0.05, 0) is 19.5 Å². The molecule has 0 spiro atoms. The summed E-state index contributed by atoms with van der Waals surface area (Å²) < 4.78 is 0. The molecular formula is C10H22N2. The number of likely N-dealkylation sites (N-methyl/N-ethyl adjacent to an activating group) is 1. The van der Waals surface area contributed by atoms with Crippen LogP contribution >= 0.6 is 0 Å². The van der Waals surface area contributed by atoms with Gasteiger partial charge in [-0.3, -0.25) is 4.90 Å². The Hall–Kier alpha value is -0.0800. The number of fused-ring (bicyclic) bond motifs is 2. The standard InChI is InChI=1S/C8H16N2.C2H6/c1-2-10-6-5-9-4-3-8(10)7-9;1-2/h8H,2-7H2,1H3;1-2H3. The summed E-state index contributed by atoms with van der Waals surface area (Å²) in [5.41, 5.74) is 0. The number of hydrogen-bond acceptors (Lipinski definition) is 2. The molecule has 2 heterocycles. The lowest BCUT2D eigenvalue weighted by Crippen LogP contribution is -2.46. The van der Waals surface area contributed by atoms with Crippen molar-refractivity contribution < 1.29 is 0 Å². The van der Waals surface area contributed by atoms with Crippen LogP contribution in [0, 0.1) is 0 Å². The second kappa shape index (κ2) is 4.83. The van der Waals surface area contributed by atoms with E-state index in [9.17, 15) is 0 Å². The molecule has 0 aromatic heterocycles. The van der Waals surface area contributed by atoms with Gasteiger partial charge in [0.15, 0.2) is 0 Å². The molecule has 0 radical (unpaired) electrons. The monoisotopic (exact) mass is 170 g/mol. The first-order chi connectivity index (χ1) is 5.90. The molecule has 2 aliphatic rings. The van der Waals surface area contributed by atoms with E-state index in [1.54, 1.807) is 0 Å². The van der Waals surface area contributed by atoms with Crippen LogP contribution < -0.4 is 0 Å². The first kappa shape index (κ1) is 10.0. The number of nitrogens with zero attached hydrogens (tertiary/aromatic N) is 2. The quantitative estimate of drug-likeness (QED) is 0.587. The second-order valence-electron chi connectivity index (χ2n) is 3.37. The molecular weight excluding hydrogens is 148 g/mol. The Morgan fingerprint density at radius 2 is 1.92 bits per heavy atom. The normalized spacial score (nSPS) is 34.2. The lowest BCUT2D eigenvalue weighted by Gasteiger charge is -2.33. The van der Waals surface area contributed by atoms with Gasteiger partial charge in [0.25, 0.3) is 0 Å². The summed E-state index contributed by atoms with van der Waals surface area (Å²) in [5, 5.41) is 0. The summed E-state index contributed by atoms with van der Waals surface area (Å²) in [6.45, 7) is 12.8. The molecule has 2 bridgehead atoms. The Bertz CT molecular complexity index is 125. The van der Waals surface area contributed by atoms with Crippen molar-refractivity contribution in [2.24, 2.45) is 0 Å². The second-order valence-corrected chi connectivity index (χ2v) is 3.37. The minimum absolute atomic E-state index is 0.902. The van der Waals surface area contributed by atoms with Gasteiger partial charge in [0.05, 0.1) is 0 Å². The summed E-state index contributed by atoms with van der Waals surface area (Å²) in [5.74, 6) is 0. The molecule has 0 amide bonds. The van der Waals surface area contributed by atoms with Gasteiger partial charge < -0.3 is 4.90 Å². The molecule has 0 saturated carbocycles. The van der Waals surface area contributed by atoms with Crippen molar-refractivity contribution in [1.82, 2.24) is 9.80 Å². The highest BCUT2D eigenvalue weighted by atomic mass is 15.3. The number of hydrogen-bond donors (Lipinski definition) is 0. The molecule has 2 saturated heterocycles. The van der Waals surface area contributed by atoms with Gasteiger partial charge in [0, 0.05) is 25.7 Å². The van der Waals surface area contributed by atoms with E-state index in [1.165, 1.54) is 39.1 Å². The van der Waals surface area contributed by atoms with E-state index in [4.69, 9.17) is 0 Å². The molecule has 0 N–H and O–H groups in total. The number of rotatable bonds is 1. The van der Waals surface area contributed by atoms with Gasteiger partial charge in [-0.1, -0.05) is 20.8 Å². The Morgan fingerprint density at radius 3 is 2.58 bits per heavy atom. The zero-order valence-corrected chi connectivity index (χ0v) is 8.71. The fourth-order valence-electron chi connectivity index (χ4n) is 2.18. The maximum Gasteiger partial charge on any atom is 0.0235 e. The van der Waals surface area contributed by atoms with Gasteiger partial charge in [0.1, 0.15) is 0 Å². The van der Waals surface area contributed by atoms with Crippen molar-refractivity contribution in [1.29, 1.82) is 0 Å². The van der Waals surface area contributed by atoms with E-state index in [0.29, 0.717) is 0 Å². The van der Waals surface area contributed by atoms with E-state index in [2.05, 4.69) is 16.7 Å². The van der Waals surface area contributed by atoms with Crippen LogP contribution in [-0.2, 0) is 0 Å². The Kier molecular flexibility index (Phi) is 4.02. The zero-order valence-electron chi connectivity index (χ0n) is 8.71. The number of piperazine rings is 1. The largest absolute Gasteiger partial charge is 0.300 e. The van der Waals surface area contributed by atoms with Crippen LogP contribution in [0.25, 0.3) is 0 Å². The molecule has 2 fully saturated rings. The van der Waals surface area contributed by atoms with Gasteiger partial charge >= 0.3 is 0 Å². The van der Waals surface area contributed by atoms with Crippen LogP contribution in [0.15, 0.2) is 0 Å². The molecule has 12 heavy (non-hydrogen) atoms. The molecule has 2 aliphatic heterocycles. The van der Waals surface area contributed by atoms with Crippen LogP contribution in [0.2, 0.25) is 0 Å². The average Bonchev–Trinajstić information content (AvgIpc) is 2.53. The zero-order chi connectivity index (χ0) is 8.97. The van der Waals surface area contributed by atoms with E-state index >= 15 is 0 Å². The average molecular weight is 170 g/mol. The highest BCUT2D eigenvalue weighted by molar-refractivity contribution is 4.87. The highest BCUT2D eigenvalue weighted by Crippen LogP contribution is 2.19. The summed E-state index contributed by atoms with van der Waals surface area (Å²) in [7, 11) is 0. The fraction of sp³-hybridized carbons (Fsp3) is 1.00. The summed E-state index contributed by atoms with van der Waals surface area (Å²) in [6, 6.07) is 0.902. The van der Waals surface area contributed by atoms with Crippen molar-refractivity contribution >= 4 is 0 Å². The van der Waals surface area contributed by atoms with Gasteiger partial charge in [-0.15, -0.1) is 0 Å². The predicted octanol–water partition coefficient (Wildman–Crippen LogP) is 1.42. The molecule has 2 rings (SSSR count). The third-order valence-electron chi connectivity index (χ3n) is 2.87. The van der Waals surface area contributed by atoms with Crippen LogP contribution in [0.1, 0.15) is 27.2 Å². The fourth-order valence-corrected chi connectivity index (χ4v) is 2.18. The predicted molar refractivity (Wildman–Crippen MR) is 53.4 cm³/mol. The van der Waals surface area contributed by atoms with E-state index in [-0.39, 0.29) is 0 Å². The lowest BCUT2D eigenvalue weighted by molar-refractivity contribution is 0.142. The van der Waals surface area contributed by atoms with E-state index in [0.717, 1.165) is 6.04 Å². The third-order valence-corrected chi connectivity index (χ3v) is 2.87. The Labute approximate surface area is 76.5 Å². The first-order valence-electron chi connectivity index (χ1n) is 5.36. The molecule has 72 valence electrons. The molecule has 0 aromatic rings. The SMILES string of the molecule is CC.CCN1CCN2CCC1C2. The molecule has 2 nitrogen and oxygen atoms in total. The van der Waals surface area contributed by atoms with Gasteiger partial charge in [-0.25, -0.2) is 0 Å². The minimum Gasteiger partial charge on any atom is -0.300 e. The lowest BCUT2D eigenvalue weighted by atomic mass is 10.2. The smallest absolute Gasteiger partial charge is 0.0235 e. The van der Waals surface area contributed by atoms with Gasteiger partial charge in [0.2, 0.25) is 0 Å². The molecule has 2 unspecified atom stereocenters. The van der Waals surface area contributed by atoms with Crippen molar-refractivity contribution in [3.63, 3.8) is 0 Å². The molecule has 2 atom stereocenters. The van der Waals surface area contributed by atoms with Crippen molar-refractivity contribution in [2.45, 2.75) is 33.2 Å². The van der Waals surface area contributed by atoms with E-state index < -0.39 is 0 Å². The Balaban J connectivity index is 0.000000336. The van der Waals surface area contributed by atoms with E-state index in [1.807, 2.05) is 13.8 Å². The topological polar surface area (TPSA) is 6.48 Å². The molecule has 0 aromatic carbocycles. The van der Waals surface area contributed by atoms with Gasteiger partial charge in [-0.2, -0.15) is 0 Å². The Morgan fingerprint density at radius 1 is 1.17 bits per heavy atom. The summed E-state index contributed by atoms with van der Waals surface area (Å²) in [4.78, 5) is 5.19. The van der Waals surface area contributed by atoms with Crippen LogP contribution in [0.4, 0.5) is 0 Å². The van der Waals surface area contributed by atoms with Crippen molar-refractivity contribution in [3.05, 3.63) is 0 Å². The van der Waals surface area contributed by atoms with Crippen LogP contribution in [-0.4, -0.2) is 48.6 Å². The molecule has 0 aliphatic carbocycles. The molecule has 2 heteroatoms. The highest BCUT2D eigenvalue weighted by Gasteiger charge is 2.30. The van der Waals surface area contributed by atoms with Crippen molar-refractivity contribution in [2.75, 3.05) is 32.7 Å². The minimum atomic E-state index is 0.902. The van der Waals surface area contributed by atoms with Crippen molar-refractivity contribution in [3.8, 4) is 0 Å². The summed E-state index contributed by atoms with van der Waals surface area (Å²) in [6.07, 6.45) is 1.41. The van der Waals surface area contributed by atoms with Crippen LogP contribution in [0.5, 0.6) is 0 Å². The van der Waals surface area contributed by atoms with Crippen LogP contribution in [0.3, 0.4) is 0 Å². The summed E-state index contributed by atoms with van der Waals surface area (Å²) >= 11 is 0. The third kappa shape index (κ3) is 1.99. The maximum atomic E-state index is 2.61. The first-order valence-corrected chi connectivity index (χ1v) is 5.36.